The van der Waals surface area contributed by atoms with Crippen LogP contribution in [0.4, 0.5) is 4.79 Å². The van der Waals surface area contributed by atoms with E-state index in [0.29, 0.717) is 0 Å². The predicted molar refractivity (Wildman–Crippen MR) is 33.0 cm³/mol. The van der Waals surface area contributed by atoms with E-state index in [-0.39, 0.29) is 12.6 Å². The molecule has 0 aliphatic heterocycles. The van der Waals surface area contributed by atoms with Gasteiger partial charge >= 0.3 is 0 Å². The molecule has 0 fully saturated rings. The van der Waals surface area contributed by atoms with Crippen LogP contribution in [0.1, 0.15) is 6.92 Å². The lowest BCUT2D eigenvalue weighted by Gasteiger charge is -2.00. The zero-order chi connectivity index (χ0) is 7.28. The van der Waals surface area contributed by atoms with Crippen molar-refractivity contribution in [3.05, 3.63) is 0 Å². The van der Waals surface area contributed by atoms with Crippen LogP contribution in [0.2, 0.25) is 0 Å². The fraction of sp³-hybridized carbons (Fsp3) is 0.500. The molecule has 0 rings (SSSR count). The van der Waals surface area contributed by atoms with Crippen LogP contribution in [0, 0.1) is 0 Å². The molecule has 0 heterocycles. The van der Waals surface area contributed by atoms with Crippen molar-refractivity contribution in [2.75, 3.05) is 6.67 Å². The maximum absolute atomic E-state index is 10.1. The van der Waals surface area contributed by atoms with Crippen molar-refractivity contribution in [1.29, 1.82) is 0 Å². The Morgan fingerprint density at radius 3 is 2.33 bits per heavy atom. The summed E-state index contributed by atoms with van der Waals surface area (Å²) in [5.74, 6) is -0.854. The van der Waals surface area contributed by atoms with Gasteiger partial charge in [-0.2, -0.15) is 0 Å². The first-order chi connectivity index (χ1) is 4.13. The Balaban J connectivity index is 3.10. The van der Waals surface area contributed by atoms with Crippen LogP contribution in [-0.2, 0) is 4.79 Å². The summed E-state index contributed by atoms with van der Waals surface area (Å²) in [4.78, 5) is 20.1. The van der Waals surface area contributed by atoms with Crippen molar-refractivity contribution in [2.24, 2.45) is 0 Å². The normalized spacial score (nSPS) is 8.11. The highest BCUT2D eigenvalue weighted by molar-refractivity contribution is 6.57. The number of rotatable bonds is 2. The Morgan fingerprint density at radius 1 is 1.44 bits per heavy atom. The molecule has 0 atom stereocenters. The van der Waals surface area contributed by atoms with Crippen molar-refractivity contribution in [2.45, 2.75) is 6.92 Å². The lowest BCUT2D eigenvalue weighted by Crippen LogP contribution is -2.35. The zero-order valence-electron chi connectivity index (χ0n) is 5.10. The summed E-state index contributed by atoms with van der Waals surface area (Å²) in [5, 5.41) is 4.51. The Hall–Kier alpha value is -0.995. The number of carbonyl (C=O) groups excluding carboxylic acids is 2. The topological polar surface area (TPSA) is 58.2 Å². The maximum Gasteiger partial charge on any atom is 0.218 e. The molecular formula is C4H7BN2O2. The van der Waals surface area contributed by atoms with E-state index in [0.717, 1.165) is 0 Å². The van der Waals surface area contributed by atoms with Gasteiger partial charge in [0, 0.05) is 6.92 Å². The third-order valence-corrected chi connectivity index (χ3v) is 0.600. The fourth-order valence-electron chi connectivity index (χ4n) is 0.256. The average Bonchev–Trinajstić information content (AvgIpc) is 1.63. The molecule has 0 aliphatic rings. The molecule has 0 saturated heterocycles. The number of carbonyl (C=O) groups is 2. The van der Waals surface area contributed by atoms with Crippen LogP contribution < -0.4 is 10.6 Å². The van der Waals surface area contributed by atoms with Crippen molar-refractivity contribution < 1.29 is 9.59 Å². The lowest BCUT2D eigenvalue weighted by atomic mass is 10.1. The van der Waals surface area contributed by atoms with E-state index in [1.54, 1.807) is 0 Å². The van der Waals surface area contributed by atoms with Gasteiger partial charge in [0.05, 0.1) is 6.67 Å². The molecule has 9 heavy (non-hydrogen) atoms. The molecule has 0 aromatic rings. The fourth-order valence-corrected chi connectivity index (χ4v) is 0.256. The first-order valence-electron chi connectivity index (χ1n) is 2.40. The third kappa shape index (κ3) is 7.00. The molecule has 0 unspecified atom stereocenters. The molecule has 0 spiro atoms. The summed E-state index contributed by atoms with van der Waals surface area (Å²) in [7, 11) is 4.68. The first kappa shape index (κ1) is 8.00. The van der Waals surface area contributed by atoms with E-state index in [4.69, 9.17) is 0 Å². The Kier molecular flexibility index (Phi) is 3.51. The minimum absolute atomic E-state index is 0.0880. The van der Waals surface area contributed by atoms with Gasteiger partial charge in [0.15, 0.2) is 5.81 Å². The van der Waals surface area contributed by atoms with Crippen molar-refractivity contribution in [3.63, 3.8) is 0 Å². The highest BCUT2D eigenvalue weighted by atomic mass is 16.2. The molecule has 0 aromatic heterocycles. The third-order valence-electron chi connectivity index (χ3n) is 0.600. The van der Waals surface area contributed by atoms with Gasteiger partial charge in [0.25, 0.3) is 0 Å². The molecule has 2 radical (unpaired) electrons. The predicted octanol–water partition coefficient (Wildman–Crippen LogP) is -1.04. The quantitative estimate of drug-likeness (QED) is 0.366. The molecule has 4 nitrogen and oxygen atoms in total. The van der Waals surface area contributed by atoms with Crippen LogP contribution in [0.15, 0.2) is 0 Å². The van der Waals surface area contributed by atoms with E-state index < -0.39 is 5.81 Å². The number of amides is 2. The Morgan fingerprint density at radius 2 is 2.00 bits per heavy atom. The smallest absolute Gasteiger partial charge is 0.218 e. The summed E-state index contributed by atoms with van der Waals surface area (Å²) in [5.41, 5.74) is 0. The zero-order valence-corrected chi connectivity index (χ0v) is 5.10. The van der Waals surface area contributed by atoms with Gasteiger partial charge in [-0.25, -0.2) is 0 Å². The summed E-state index contributed by atoms with van der Waals surface area (Å²) >= 11 is 0. The lowest BCUT2D eigenvalue weighted by molar-refractivity contribution is -0.118. The summed E-state index contributed by atoms with van der Waals surface area (Å²) in [6.45, 7) is 1.44. The second kappa shape index (κ2) is 3.94. The van der Waals surface area contributed by atoms with E-state index in [1.165, 1.54) is 6.92 Å². The molecule has 2 amide bonds. The molecule has 5 heteroatoms. The Bertz CT molecular complexity index is 112. The van der Waals surface area contributed by atoms with Crippen LogP contribution in [0.25, 0.3) is 0 Å². The molecule has 2 N–H and O–H groups in total. The van der Waals surface area contributed by atoms with E-state index in [1.807, 2.05) is 0 Å². The molecule has 0 saturated carbocycles. The van der Waals surface area contributed by atoms with Crippen LogP contribution in [-0.4, -0.2) is 26.2 Å². The second-order valence-electron chi connectivity index (χ2n) is 1.45. The average molecular weight is 126 g/mol. The minimum Gasteiger partial charge on any atom is -0.349 e. The SMILES string of the molecule is [B]C(=O)NCNC(C)=O. The molecular weight excluding hydrogens is 119 g/mol. The molecule has 48 valence electrons. The van der Waals surface area contributed by atoms with Gasteiger partial charge in [-0.15, -0.1) is 0 Å². The highest BCUT2D eigenvalue weighted by Crippen LogP contribution is 1.58. The van der Waals surface area contributed by atoms with Gasteiger partial charge in [-0.3, -0.25) is 9.59 Å². The van der Waals surface area contributed by atoms with Crippen LogP contribution in [0.3, 0.4) is 0 Å². The maximum atomic E-state index is 10.1. The first-order valence-corrected chi connectivity index (χ1v) is 2.40. The van der Waals surface area contributed by atoms with E-state index >= 15 is 0 Å². The van der Waals surface area contributed by atoms with Gasteiger partial charge in [-0.1, -0.05) is 0 Å². The highest BCUT2D eigenvalue weighted by Gasteiger charge is 1.89. The van der Waals surface area contributed by atoms with Gasteiger partial charge < -0.3 is 10.6 Å². The van der Waals surface area contributed by atoms with Crippen molar-refractivity contribution in [3.8, 4) is 0 Å². The summed E-state index contributed by atoms with van der Waals surface area (Å²) < 4.78 is 0. The monoisotopic (exact) mass is 126 g/mol. The minimum atomic E-state index is -0.649. The Labute approximate surface area is 54.4 Å². The molecule has 0 bridgehead atoms. The molecule has 0 aromatic carbocycles. The number of hydrogen-bond donors (Lipinski definition) is 2. The van der Waals surface area contributed by atoms with Crippen LogP contribution in [0.5, 0.6) is 0 Å². The second-order valence-corrected chi connectivity index (χ2v) is 1.45. The van der Waals surface area contributed by atoms with E-state index in [9.17, 15) is 9.59 Å². The summed E-state index contributed by atoms with van der Waals surface area (Å²) in [6.07, 6.45) is 0. The molecule has 0 aliphatic carbocycles. The number of nitrogens with one attached hydrogen (secondary N) is 2. The van der Waals surface area contributed by atoms with Crippen molar-refractivity contribution in [1.82, 2.24) is 10.6 Å². The van der Waals surface area contributed by atoms with Gasteiger partial charge in [-0.05, 0) is 0 Å². The summed E-state index contributed by atoms with van der Waals surface area (Å²) in [6, 6.07) is 0. The van der Waals surface area contributed by atoms with Crippen molar-refractivity contribution >= 4 is 19.6 Å². The van der Waals surface area contributed by atoms with E-state index in [2.05, 4.69) is 18.5 Å². The van der Waals surface area contributed by atoms with Gasteiger partial charge in [0.1, 0.15) is 0 Å². The van der Waals surface area contributed by atoms with Gasteiger partial charge in [0.2, 0.25) is 13.8 Å². The largest absolute Gasteiger partial charge is 0.349 e. The standard InChI is InChI=1S/C4H7BN2O2/c1-3(8)6-2-7-4(5)9/h2H2,1H3,(H,6,8)(H,7,9). The van der Waals surface area contributed by atoms with Crippen LogP contribution >= 0.6 is 0 Å². The number of hydrogen-bond acceptors (Lipinski definition) is 2.